The zero-order chi connectivity index (χ0) is 10.0. The highest BCUT2D eigenvalue weighted by Gasteiger charge is 2.37. The molecule has 2 fully saturated rings. The Bertz CT molecular complexity index is 220. The van der Waals surface area contributed by atoms with Crippen LogP contribution in [0.4, 0.5) is 0 Å². The van der Waals surface area contributed by atoms with Crippen molar-refractivity contribution in [3.63, 3.8) is 0 Å². The number of morpholine rings is 1. The molecule has 1 unspecified atom stereocenters. The molecule has 80 valence electrons. The van der Waals surface area contributed by atoms with Gasteiger partial charge in [-0.25, -0.2) is 0 Å². The van der Waals surface area contributed by atoms with Crippen LogP contribution in [-0.4, -0.2) is 38.3 Å². The average molecular weight is 198 g/mol. The van der Waals surface area contributed by atoms with E-state index >= 15 is 0 Å². The number of carbonyl (C=O) groups excluding carboxylic acids is 1. The lowest BCUT2D eigenvalue weighted by atomic mass is 10.1. The van der Waals surface area contributed by atoms with Gasteiger partial charge in [0.05, 0.1) is 13.2 Å². The second-order valence-electron chi connectivity index (χ2n) is 4.61. The highest BCUT2D eigenvalue weighted by Crippen LogP contribution is 2.43. The molecule has 1 aliphatic carbocycles. The summed E-state index contributed by atoms with van der Waals surface area (Å²) in [6.45, 7) is 5.00. The molecule has 14 heavy (non-hydrogen) atoms. The minimum absolute atomic E-state index is 0.0813. The predicted molar refractivity (Wildman–Crippen MR) is 53.0 cm³/mol. The van der Waals surface area contributed by atoms with Crippen molar-refractivity contribution in [3.05, 3.63) is 0 Å². The maximum absolute atomic E-state index is 11.6. The number of hydrogen-bond donors (Lipinski definition) is 2. The van der Waals surface area contributed by atoms with Gasteiger partial charge in [0, 0.05) is 13.1 Å². The van der Waals surface area contributed by atoms with E-state index in [9.17, 15) is 4.79 Å². The normalized spacial score (nSPS) is 29.6. The van der Waals surface area contributed by atoms with Gasteiger partial charge in [0.15, 0.2) is 0 Å². The molecule has 0 aromatic heterocycles. The molecule has 1 aliphatic heterocycles. The molecule has 4 nitrogen and oxygen atoms in total. The Hall–Kier alpha value is -0.610. The third-order valence-corrected chi connectivity index (χ3v) is 3.03. The van der Waals surface area contributed by atoms with Gasteiger partial charge in [-0.3, -0.25) is 4.79 Å². The SMILES string of the molecule is CC1(CNC(=O)C2COCCN2)CC1. The van der Waals surface area contributed by atoms with Crippen molar-refractivity contribution in [2.45, 2.75) is 25.8 Å². The minimum Gasteiger partial charge on any atom is -0.378 e. The molecule has 0 radical (unpaired) electrons. The van der Waals surface area contributed by atoms with Crippen LogP contribution in [0.3, 0.4) is 0 Å². The molecule has 1 saturated carbocycles. The Morgan fingerprint density at radius 2 is 2.43 bits per heavy atom. The van der Waals surface area contributed by atoms with E-state index < -0.39 is 0 Å². The molecule has 0 bridgehead atoms. The topological polar surface area (TPSA) is 50.4 Å². The molecular weight excluding hydrogens is 180 g/mol. The van der Waals surface area contributed by atoms with Gasteiger partial charge in [0.2, 0.25) is 5.91 Å². The van der Waals surface area contributed by atoms with Crippen LogP contribution in [0, 0.1) is 5.41 Å². The summed E-state index contributed by atoms with van der Waals surface area (Å²) in [5.74, 6) is 0.0813. The lowest BCUT2D eigenvalue weighted by Gasteiger charge is -2.23. The van der Waals surface area contributed by atoms with Gasteiger partial charge in [0.25, 0.3) is 0 Å². The number of nitrogens with one attached hydrogen (secondary N) is 2. The first-order valence-electron chi connectivity index (χ1n) is 5.28. The Morgan fingerprint density at radius 1 is 1.64 bits per heavy atom. The van der Waals surface area contributed by atoms with Crippen LogP contribution in [-0.2, 0) is 9.53 Å². The van der Waals surface area contributed by atoms with Crippen LogP contribution in [0.15, 0.2) is 0 Å². The maximum atomic E-state index is 11.6. The van der Waals surface area contributed by atoms with Crippen molar-refractivity contribution < 1.29 is 9.53 Å². The summed E-state index contributed by atoms with van der Waals surface area (Å²) in [6.07, 6.45) is 2.48. The summed E-state index contributed by atoms with van der Waals surface area (Å²) >= 11 is 0. The molecule has 2 N–H and O–H groups in total. The maximum Gasteiger partial charge on any atom is 0.239 e. The number of carbonyl (C=O) groups is 1. The molecule has 4 heteroatoms. The second-order valence-corrected chi connectivity index (χ2v) is 4.61. The Labute approximate surface area is 84.4 Å². The molecule has 1 heterocycles. The van der Waals surface area contributed by atoms with Gasteiger partial charge < -0.3 is 15.4 Å². The quantitative estimate of drug-likeness (QED) is 0.665. The van der Waals surface area contributed by atoms with Crippen molar-refractivity contribution in [2.75, 3.05) is 26.3 Å². The van der Waals surface area contributed by atoms with Crippen molar-refractivity contribution in [2.24, 2.45) is 5.41 Å². The molecule has 2 rings (SSSR count). The Kier molecular flexibility index (Phi) is 2.74. The van der Waals surface area contributed by atoms with E-state index in [4.69, 9.17) is 4.74 Å². The third-order valence-electron chi connectivity index (χ3n) is 3.03. The van der Waals surface area contributed by atoms with E-state index in [0.29, 0.717) is 18.6 Å². The minimum atomic E-state index is -0.147. The molecule has 1 saturated heterocycles. The van der Waals surface area contributed by atoms with Gasteiger partial charge >= 0.3 is 0 Å². The van der Waals surface area contributed by atoms with Gasteiger partial charge in [-0.15, -0.1) is 0 Å². The smallest absolute Gasteiger partial charge is 0.239 e. The summed E-state index contributed by atoms with van der Waals surface area (Å²) in [6, 6.07) is -0.147. The van der Waals surface area contributed by atoms with Crippen LogP contribution in [0.5, 0.6) is 0 Å². The number of rotatable bonds is 3. The first-order valence-corrected chi connectivity index (χ1v) is 5.28. The van der Waals surface area contributed by atoms with Crippen LogP contribution in [0.25, 0.3) is 0 Å². The fourth-order valence-electron chi connectivity index (χ4n) is 1.55. The zero-order valence-corrected chi connectivity index (χ0v) is 8.64. The lowest BCUT2D eigenvalue weighted by molar-refractivity contribution is -0.126. The Balaban J connectivity index is 1.71. The first kappa shape index (κ1) is 9.93. The fraction of sp³-hybridized carbons (Fsp3) is 0.900. The molecule has 2 aliphatic rings. The molecule has 0 aromatic rings. The highest BCUT2D eigenvalue weighted by molar-refractivity contribution is 5.82. The summed E-state index contributed by atoms with van der Waals surface area (Å²) in [5, 5.41) is 6.11. The van der Waals surface area contributed by atoms with E-state index in [-0.39, 0.29) is 11.9 Å². The zero-order valence-electron chi connectivity index (χ0n) is 8.64. The van der Waals surface area contributed by atoms with Crippen molar-refractivity contribution >= 4 is 5.91 Å². The molecule has 1 atom stereocenters. The van der Waals surface area contributed by atoms with E-state index in [1.165, 1.54) is 12.8 Å². The standard InChI is InChI=1S/C10H18N2O2/c1-10(2-3-10)7-12-9(13)8-6-14-5-4-11-8/h8,11H,2-7H2,1H3,(H,12,13). The van der Waals surface area contributed by atoms with Crippen molar-refractivity contribution in [1.82, 2.24) is 10.6 Å². The number of amides is 1. The highest BCUT2D eigenvalue weighted by atomic mass is 16.5. The van der Waals surface area contributed by atoms with Gasteiger partial charge in [-0.1, -0.05) is 6.92 Å². The van der Waals surface area contributed by atoms with Gasteiger partial charge in [-0.2, -0.15) is 0 Å². The van der Waals surface area contributed by atoms with E-state index in [2.05, 4.69) is 17.6 Å². The second kappa shape index (κ2) is 3.87. The monoisotopic (exact) mass is 198 g/mol. The largest absolute Gasteiger partial charge is 0.378 e. The van der Waals surface area contributed by atoms with Crippen LogP contribution in [0.1, 0.15) is 19.8 Å². The summed E-state index contributed by atoms with van der Waals surface area (Å²) in [5.41, 5.74) is 0.380. The summed E-state index contributed by atoms with van der Waals surface area (Å²) in [7, 11) is 0. The van der Waals surface area contributed by atoms with Crippen LogP contribution < -0.4 is 10.6 Å². The number of ether oxygens (including phenoxy) is 1. The van der Waals surface area contributed by atoms with Crippen LogP contribution >= 0.6 is 0 Å². The van der Waals surface area contributed by atoms with Crippen LogP contribution in [0.2, 0.25) is 0 Å². The van der Waals surface area contributed by atoms with Crippen molar-refractivity contribution in [3.8, 4) is 0 Å². The third kappa shape index (κ3) is 2.45. The van der Waals surface area contributed by atoms with Crippen molar-refractivity contribution in [1.29, 1.82) is 0 Å². The number of hydrogen-bond acceptors (Lipinski definition) is 3. The first-order chi connectivity index (χ1) is 6.70. The van der Waals surface area contributed by atoms with E-state index in [1.807, 2.05) is 0 Å². The molecule has 0 spiro atoms. The fourth-order valence-corrected chi connectivity index (χ4v) is 1.55. The average Bonchev–Trinajstić information content (AvgIpc) is 2.95. The van der Waals surface area contributed by atoms with Gasteiger partial charge in [0.1, 0.15) is 6.04 Å². The van der Waals surface area contributed by atoms with E-state index in [0.717, 1.165) is 13.1 Å². The van der Waals surface area contributed by atoms with E-state index in [1.54, 1.807) is 0 Å². The summed E-state index contributed by atoms with van der Waals surface area (Å²) < 4.78 is 5.23. The molecular formula is C10H18N2O2. The summed E-state index contributed by atoms with van der Waals surface area (Å²) in [4.78, 5) is 11.6. The Morgan fingerprint density at radius 3 is 3.00 bits per heavy atom. The molecule has 0 aromatic carbocycles. The van der Waals surface area contributed by atoms with Gasteiger partial charge in [-0.05, 0) is 18.3 Å². The molecule has 1 amide bonds. The predicted octanol–water partition coefficient (Wildman–Crippen LogP) is -0.109. The lowest BCUT2D eigenvalue weighted by Crippen LogP contribution is -2.51.